The van der Waals surface area contributed by atoms with Crippen LogP contribution in [0.3, 0.4) is 0 Å². The molecule has 5 nitrogen and oxygen atoms in total. The quantitative estimate of drug-likeness (QED) is 0.878. The molecule has 2 unspecified atom stereocenters. The van der Waals surface area contributed by atoms with E-state index in [1.54, 1.807) is 11.3 Å². The van der Waals surface area contributed by atoms with E-state index < -0.39 is 9.84 Å². The second-order valence-electron chi connectivity index (χ2n) is 5.78. The van der Waals surface area contributed by atoms with Crippen molar-refractivity contribution in [2.45, 2.75) is 31.8 Å². The second-order valence-corrected chi connectivity index (χ2v) is 9.01. The van der Waals surface area contributed by atoms with E-state index in [9.17, 15) is 13.2 Å². The largest absolute Gasteiger partial charge is 0.335 e. The molecule has 0 spiro atoms. The first-order valence-corrected chi connectivity index (χ1v) is 9.96. The van der Waals surface area contributed by atoms with Crippen molar-refractivity contribution in [1.29, 1.82) is 0 Å². The highest BCUT2D eigenvalue weighted by atomic mass is 32.2. The smallest absolute Gasteiger partial charge is 0.224 e. The summed E-state index contributed by atoms with van der Waals surface area (Å²) in [6.45, 7) is 3.23. The van der Waals surface area contributed by atoms with Crippen LogP contribution >= 0.6 is 11.3 Å². The molecule has 0 aliphatic carbocycles. The van der Waals surface area contributed by atoms with Crippen molar-refractivity contribution in [3.05, 3.63) is 21.9 Å². The van der Waals surface area contributed by atoms with Gasteiger partial charge < -0.3 is 10.2 Å². The second kappa shape index (κ2) is 5.70. The Kier molecular flexibility index (Phi) is 4.07. The number of sulfone groups is 1. The number of thiophene rings is 1. The van der Waals surface area contributed by atoms with Crippen molar-refractivity contribution in [2.75, 3.05) is 24.6 Å². The highest BCUT2D eigenvalue weighted by Crippen LogP contribution is 2.33. The topological polar surface area (TPSA) is 66.5 Å². The average Bonchev–Trinajstić information content (AvgIpc) is 2.87. The normalized spacial score (nSPS) is 28.1. The van der Waals surface area contributed by atoms with Gasteiger partial charge in [0.1, 0.15) is 0 Å². The van der Waals surface area contributed by atoms with Crippen LogP contribution in [0.4, 0.5) is 0 Å². The summed E-state index contributed by atoms with van der Waals surface area (Å²) in [4.78, 5) is 15.8. The Bertz CT molecular complexity index is 638. The van der Waals surface area contributed by atoms with Gasteiger partial charge in [-0.2, -0.15) is 0 Å². The summed E-state index contributed by atoms with van der Waals surface area (Å²) in [5, 5.41) is 5.22. The predicted molar refractivity (Wildman–Crippen MR) is 83.2 cm³/mol. The highest BCUT2D eigenvalue weighted by Gasteiger charge is 2.32. The molecule has 1 fully saturated rings. The minimum Gasteiger partial charge on any atom is -0.335 e. The highest BCUT2D eigenvalue weighted by molar-refractivity contribution is 7.91. The summed E-state index contributed by atoms with van der Waals surface area (Å²) in [6, 6.07) is 1.94. The van der Waals surface area contributed by atoms with Gasteiger partial charge in [0.05, 0.1) is 17.5 Å². The van der Waals surface area contributed by atoms with E-state index in [0.29, 0.717) is 6.54 Å². The van der Waals surface area contributed by atoms with Crippen molar-refractivity contribution in [1.82, 2.24) is 10.2 Å². The summed E-state index contributed by atoms with van der Waals surface area (Å²) >= 11 is 1.75. The lowest BCUT2D eigenvalue weighted by molar-refractivity contribution is -0.134. The molecular weight excluding hydrogens is 308 g/mol. The molecule has 116 valence electrons. The standard InChI is InChI=1S/C14H20N2O3S2/c1-10-12-3-6-20-13(12)2-5-16(10)14(17)8-11-9-21(18,19)7-4-15-11/h3,6,10-11,15H,2,4-5,7-9H2,1H3. The molecule has 0 radical (unpaired) electrons. The van der Waals surface area contributed by atoms with E-state index in [-0.39, 0.29) is 35.9 Å². The van der Waals surface area contributed by atoms with Crippen molar-refractivity contribution in [3.63, 3.8) is 0 Å². The molecule has 0 aromatic carbocycles. The summed E-state index contributed by atoms with van der Waals surface area (Å²) < 4.78 is 23.3. The summed E-state index contributed by atoms with van der Waals surface area (Å²) in [6.07, 6.45) is 1.17. The van der Waals surface area contributed by atoms with Crippen molar-refractivity contribution in [2.24, 2.45) is 0 Å². The first-order chi connectivity index (χ1) is 9.96. The van der Waals surface area contributed by atoms with Gasteiger partial charge in [-0.25, -0.2) is 8.42 Å². The third kappa shape index (κ3) is 3.14. The third-order valence-electron chi connectivity index (χ3n) is 4.32. The lowest BCUT2D eigenvalue weighted by atomic mass is 10.0. The van der Waals surface area contributed by atoms with Gasteiger partial charge in [0, 0.05) is 30.4 Å². The van der Waals surface area contributed by atoms with Gasteiger partial charge in [0.15, 0.2) is 9.84 Å². The van der Waals surface area contributed by atoms with E-state index in [0.717, 1.165) is 13.0 Å². The molecule has 3 heterocycles. The van der Waals surface area contributed by atoms with Gasteiger partial charge in [0.25, 0.3) is 0 Å². The Balaban J connectivity index is 1.66. The van der Waals surface area contributed by atoms with Gasteiger partial charge in [-0.15, -0.1) is 11.3 Å². The first-order valence-electron chi connectivity index (χ1n) is 7.26. The fraction of sp³-hybridized carbons (Fsp3) is 0.643. The van der Waals surface area contributed by atoms with E-state index in [1.807, 2.05) is 11.8 Å². The zero-order valence-corrected chi connectivity index (χ0v) is 13.7. The molecule has 1 N–H and O–H groups in total. The van der Waals surface area contributed by atoms with Crippen molar-refractivity contribution >= 4 is 27.1 Å². The van der Waals surface area contributed by atoms with Gasteiger partial charge in [-0.1, -0.05) is 0 Å². The molecule has 0 saturated carbocycles. The molecule has 1 saturated heterocycles. The molecule has 1 aromatic heterocycles. The van der Waals surface area contributed by atoms with Crippen molar-refractivity contribution < 1.29 is 13.2 Å². The zero-order valence-electron chi connectivity index (χ0n) is 12.0. The Hall–Kier alpha value is -0.920. The minimum absolute atomic E-state index is 0.0500. The number of hydrogen-bond donors (Lipinski definition) is 1. The number of carbonyl (C=O) groups is 1. The maximum atomic E-state index is 12.5. The summed E-state index contributed by atoms with van der Waals surface area (Å²) in [7, 11) is -2.99. The maximum Gasteiger partial charge on any atom is 0.224 e. The molecular formula is C14H20N2O3S2. The van der Waals surface area contributed by atoms with E-state index in [1.165, 1.54) is 10.4 Å². The molecule has 1 aromatic rings. The van der Waals surface area contributed by atoms with Gasteiger partial charge >= 0.3 is 0 Å². The summed E-state index contributed by atoms with van der Waals surface area (Å²) in [5.41, 5.74) is 1.24. The Morgan fingerprint density at radius 2 is 2.33 bits per heavy atom. The van der Waals surface area contributed by atoms with Crippen LogP contribution in [0.2, 0.25) is 0 Å². The molecule has 2 atom stereocenters. The SMILES string of the molecule is CC1c2ccsc2CCN1C(=O)CC1CS(=O)(=O)CCN1. The Morgan fingerprint density at radius 3 is 3.10 bits per heavy atom. The Labute approximate surface area is 129 Å². The molecule has 3 rings (SSSR count). The van der Waals surface area contributed by atoms with Crippen LogP contribution in [0.15, 0.2) is 11.4 Å². The number of nitrogens with zero attached hydrogens (tertiary/aromatic N) is 1. The van der Waals surface area contributed by atoms with Crippen LogP contribution in [0.1, 0.15) is 29.8 Å². The van der Waals surface area contributed by atoms with E-state index in [4.69, 9.17) is 0 Å². The number of rotatable bonds is 2. The van der Waals surface area contributed by atoms with Crippen LogP contribution in [0.5, 0.6) is 0 Å². The van der Waals surface area contributed by atoms with Crippen molar-refractivity contribution in [3.8, 4) is 0 Å². The van der Waals surface area contributed by atoms with Gasteiger partial charge in [-0.05, 0) is 30.4 Å². The molecule has 1 amide bonds. The van der Waals surface area contributed by atoms with E-state index >= 15 is 0 Å². The van der Waals surface area contributed by atoms with Crippen LogP contribution < -0.4 is 5.32 Å². The number of amides is 1. The number of hydrogen-bond acceptors (Lipinski definition) is 5. The van der Waals surface area contributed by atoms with Crippen LogP contribution in [0, 0.1) is 0 Å². The summed E-state index contributed by atoms with van der Waals surface area (Å²) in [5.74, 6) is 0.301. The fourth-order valence-corrected chi connectivity index (χ4v) is 5.58. The third-order valence-corrected chi connectivity index (χ3v) is 7.05. The Morgan fingerprint density at radius 1 is 1.52 bits per heavy atom. The van der Waals surface area contributed by atoms with Gasteiger partial charge in [-0.3, -0.25) is 4.79 Å². The van der Waals surface area contributed by atoms with Crippen LogP contribution in [-0.4, -0.2) is 49.9 Å². The monoisotopic (exact) mass is 328 g/mol. The number of carbonyl (C=O) groups excluding carboxylic acids is 1. The van der Waals surface area contributed by atoms with Gasteiger partial charge in [0.2, 0.25) is 5.91 Å². The number of fused-ring (bicyclic) bond motifs is 1. The zero-order chi connectivity index (χ0) is 15.0. The lowest BCUT2D eigenvalue weighted by Gasteiger charge is -2.35. The number of nitrogens with one attached hydrogen (secondary N) is 1. The lowest BCUT2D eigenvalue weighted by Crippen LogP contribution is -2.48. The fourth-order valence-electron chi connectivity index (χ4n) is 3.18. The molecule has 2 aliphatic heterocycles. The maximum absolute atomic E-state index is 12.5. The first kappa shape index (κ1) is 15.0. The molecule has 0 bridgehead atoms. The average molecular weight is 328 g/mol. The van der Waals surface area contributed by atoms with E-state index in [2.05, 4.69) is 16.8 Å². The molecule has 2 aliphatic rings. The molecule has 7 heteroatoms. The molecule has 21 heavy (non-hydrogen) atoms. The van der Waals surface area contributed by atoms with Crippen LogP contribution in [0.25, 0.3) is 0 Å². The van der Waals surface area contributed by atoms with Crippen LogP contribution in [-0.2, 0) is 21.1 Å². The minimum atomic E-state index is -2.99. The predicted octanol–water partition coefficient (Wildman–Crippen LogP) is 0.971.